The summed E-state index contributed by atoms with van der Waals surface area (Å²) >= 11 is 0. The maximum Gasteiger partial charge on any atom is 0.227 e. The lowest BCUT2D eigenvalue weighted by Gasteiger charge is -2.30. The van der Waals surface area contributed by atoms with Crippen LogP contribution < -0.4 is 11.1 Å². The van der Waals surface area contributed by atoms with Gasteiger partial charge in [0.25, 0.3) is 0 Å². The van der Waals surface area contributed by atoms with Crippen molar-refractivity contribution in [2.45, 2.75) is 38.6 Å². The first kappa shape index (κ1) is 17.7. The Morgan fingerprint density at radius 2 is 1.92 bits per heavy atom. The monoisotopic (exact) mass is 341 g/mol. The fraction of sp³-hybridized carbons (Fsp3) is 0.500. The molecule has 3 rings (SSSR count). The van der Waals surface area contributed by atoms with Crippen LogP contribution in [0.15, 0.2) is 36.4 Å². The largest absolute Gasteiger partial charge is 0.369 e. The number of allylic oxidation sites excluding steroid dienone is 2. The Bertz CT molecular complexity index is 648. The lowest BCUT2D eigenvalue weighted by Crippen LogP contribution is -2.38. The minimum Gasteiger partial charge on any atom is -0.369 e. The molecule has 0 spiro atoms. The molecule has 0 aromatic heterocycles. The van der Waals surface area contributed by atoms with Crippen molar-refractivity contribution in [1.29, 1.82) is 0 Å². The standard InChI is InChI=1S/C20H27N3O2/c21-19(24)16-9-11-23(12-10-16)14-15-5-4-8-18(13-15)22-20(25)17-6-2-1-3-7-17/h1-2,4-5,8,13,16-17H,3,6-7,9-12,14H2,(H2,21,24)(H,22,25). The van der Waals surface area contributed by atoms with E-state index < -0.39 is 0 Å². The van der Waals surface area contributed by atoms with E-state index in [2.05, 4.69) is 34.5 Å². The number of hydrogen-bond acceptors (Lipinski definition) is 3. The second-order valence-corrected chi connectivity index (χ2v) is 7.12. The Hall–Kier alpha value is -2.14. The summed E-state index contributed by atoms with van der Waals surface area (Å²) in [6, 6.07) is 8.07. The summed E-state index contributed by atoms with van der Waals surface area (Å²) in [6.07, 6.45) is 8.66. The third-order valence-corrected chi connectivity index (χ3v) is 5.23. The Morgan fingerprint density at radius 3 is 2.60 bits per heavy atom. The van der Waals surface area contributed by atoms with Gasteiger partial charge in [-0.1, -0.05) is 24.3 Å². The zero-order valence-electron chi connectivity index (χ0n) is 14.6. The normalized spacial score (nSPS) is 21.8. The molecule has 1 aliphatic heterocycles. The molecule has 1 fully saturated rings. The Labute approximate surface area is 149 Å². The topological polar surface area (TPSA) is 75.4 Å². The van der Waals surface area contributed by atoms with E-state index in [0.29, 0.717) is 0 Å². The highest BCUT2D eigenvalue weighted by molar-refractivity contribution is 5.92. The van der Waals surface area contributed by atoms with Crippen LogP contribution >= 0.6 is 0 Å². The zero-order chi connectivity index (χ0) is 17.6. The van der Waals surface area contributed by atoms with Gasteiger partial charge in [0.1, 0.15) is 0 Å². The first-order chi connectivity index (χ1) is 12.1. The molecule has 1 atom stereocenters. The van der Waals surface area contributed by atoms with Gasteiger partial charge in [-0.3, -0.25) is 14.5 Å². The predicted molar refractivity (Wildman–Crippen MR) is 98.7 cm³/mol. The molecular formula is C20H27N3O2. The molecule has 5 heteroatoms. The Balaban J connectivity index is 1.54. The number of primary amides is 1. The molecule has 25 heavy (non-hydrogen) atoms. The van der Waals surface area contributed by atoms with Gasteiger partial charge < -0.3 is 11.1 Å². The number of carbonyl (C=O) groups is 2. The molecule has 1 heterocycles. The highest BCUT2D eigenvalue weighted by Crippen LogP contribution is 2.22. The molecular weight excluding hydrogens is 314 g/mol. The van der Waals surface area contributed by atoms with Crippen LogP contribution in [0.4, 0.5) is 5.69 Å². The average molecular weight is 341 g/mol. The number of nitrogens with two attached hydrogens (primary N) is 1. The van der Waals surface area contributed by atoms with Crippen molar-refractivity contribution in [3.8, 4) is 0 Å². The summed E-state index contributed by atoms with van der Waals surface area (Å²) in [6.45, 7) is 2.61. The van der Waals surface area contributed by atoms with Gasteiger partial charge in [0.2, 0.25) is 11.8 Å². The SMILES string of the molecule is NC(=O)C1CCN(Cc2cccc(NC(=O)C3CC=CCC3)c2)CC1. The molecule has 0 saturated carbocycles. The van der Waals surface area contributed by atoms with Crippen molar-refractivity contribution in [3.63, 3.8) is 0 Å². The van der Waals surface area contributed by atoms with Crippen LogP contribution in [0.5, 0.6) is 0 Å². The quantitative estimate of drug-likeness (QED) is 0.809. The number of hydrogen-bond donors (Lipinski definition) is 2. The van der Waals surface area contributed by atoms with E-state index in [9.17, 15) is 9.59 Å². The highest BCUT2D eigenvalue weighted by atomic mass is 16.2. The van der Waals surface area contributed by atoms with Crippen LogP contribution in [0.1, 0.15) is 37.7 Å². The molecule has 5 nitrogen and oxygen atoms in total. The molecule has 1 saturated heterocycles. The van der Waals surface area contributed by atoms with Crippen molar-refractivity contribution < 1.29 is 9.59 Å². The van der Waals surface area contributed by atoms with Gasteiger partial charge in [-0.05, 0) is 62.9 Å². The molecule has 134 valence electrons. The second kappa shape index (κ2) is 8.30. The van der Waals surface area contributed by atoms with Crippen molar-refractivity contribution in [2.24, 2.45) is 17.6 Å². The van der Waals surface area contributed by atoms with E-state index >= 15 is 0 Å². The number of likely N-dealkylation sites (tertiary alicyclic amines) is 1. The second-order valence-electron chi connectivity index (χ2n) is 7.12. The highest BCUT2D eigenvalue weighted by Gasteiger charge is 2.23. The van der Waals surface area contributed by atoms with E-state index in [1.807, 2.05) is 12.1 Å². The maximum absolute atomic E-state index is 12.4. The summed E-state index contributed by atoms with van der Waals surface area (Å²) < 4.78 is 0. The van der Waals surface area contributed by atoms with Gasteiger partial charge in [0, 0.05) is 24.1 Å². The Morgan fingerprint density at radius 1 is 1.12 bits per heavy atom. The smallest absolute Gasteiger partial charge is 0.227 e. The van der Waals surface area contributed by atoms with Crippen LogP contribution in [0, 0.1) is 11.8 Å². The first-order valence-corrected chi connectivity index (χ1v) is 9.18. The van der Waals surface area contributed by atoms with Crippen LogP contribution in [-0.2, 0) is 16.1 Å². The molecule has 2 aliphatic rings. The third kappa shape index (κ3) is 4.92. The summed E-state index contributed by atoms with van der Waals surface area (Å²) in [7, 11) is 0. The fourth-order valence-electron chi connectivity index (χ4n) is 3.66. The van der Waals surface area contributed by atoms with Crippen molar-refractivity contribution in [3.05, 3.63) is 42.0 Å². The summed E-state index contributed by atoms with van der Waals surface area (Å²) in [5.41, 5.74) is 7.44. The van der Waals surface area contributed by atoms with Gasteiger partial charge >= 0.3 is 0 Å². The summed E-state index contributed by atoms with van der Waals surface area (Å²) in [5, 5.41) is 3.06. The van der Waals surface area contributed by atoms with E-state index in [4.69, 9.17) is 5.73 Å². The van der Waals surface area contributed by atoms with E-state index in [0.717, 1.165) is 57.4 Å². The molecule has 1 aromatic rings. The van der Waals surface area contributed by atoms with E-state index in [1.165, 1.54) is 5.56 Å². The third-order valence-electron chi connectivity index (χ3n) is 5.23. The first-order valence-electron chi connectivity index (χ1n) is 9.18. The van der Waals surface area contributed by atoms with E-state index in [1.54, 1.807) is 0 Å². The maximum atomic E-state index is 12.4. The summed E-state index contributed by atoms with van der Waals surface area (Å²) in [4.78, 5) is 26.0. The van der Waals surface area contributed by atoms with Gasteiger partial charge in [-0.25, -0.2) is 0 Å². The molecule has 0 radical (unpaired) electrons. The average Bonchev–Trinajstić information content (AvgIpc) is 2.63. The minimum absolute atomic E-state index is 0.0198. The number of amides is 2. The van der Waals surface area contributed by atoms with Crippen molar-refractivity contribution in [2.75, 3.05) is 18.4 Å². The number of carbonyl (C=O) groups excluding carboxylic acids is 2. The lowest BCUT2D eigenvalue weighted by atomic mass is 9.93. The number of benzene rings is 1. The van der Waals surface area contributed by atoms with Crippen molar-refractivity contribution >= 4 is 17.5 Å². The number of piperidine rings is 1. The molecule has 2 amide bonds. The Kier molecular flexibility index (Phi) is 5.87. The molecule has 1 aromatic carbocycles. The van der Waals surface area contributed by atoms with E-state index in [-0.39, 0.29) is 23.7 Å². The van der Waals surface area contributed by atoms with Gasteiger partial charge in [-0.2, -0.15) is 0 Å². The molecule has 1 aliphatic carbocycles. The predicted octanol–water partition coefficient (Wildman–Crippen LogP) is 2.68. The molecule has 0 bridgehead atoms. The van der Waals surface area contributed by atoms with Crippen LogP contribution in [0.25, 0.3) is 0 Å². The van der Waals surface area contributed by atoms with Crippen LogP contribution in [0.3, 0.4) is 0 Å². The van der Waals surface area contributed by atoms with Crippen molar-refractivity contribution in [1.82, 2.24) is 4.90 Å². The van der Waals surface area contributed by atoms with Gasteiger partial charge in [-0.15, -0.1) is 0 Å². The summed E-state index contributed by atoms with van der Waals surface area (Å²) in [5.74, 6) is 0.0404. The number of rotatable bonds is 5. The zero-order valence-corrected chi connectivity index (χ0v) is 14.6. The molecule has 3 N–H and O–H groups in total. The van der Waals surface area contributed by atoms with Crippen LogP contribution in [-0.4, -0.2) is 29.8 Å². The van der Waals surface area contributed by atoms with Gasteiger partial charge in [0.15, 0.2) is 0 Å². The van der Waals surface area contributed by atoms with Gasteiger partial charge in [0.05, 0.1) is 0 Å². The molecule has 1 unspecified atom stereocenters. The number of anilines is 1. The fourth-order valence-corrected chi connectivity index (χ4v) is 3.66. The number of nitrogens with one attached hydrogen (secondary N) is 1. The minimum atomic E-state index is -0.179. The number of nitrogens with zero attached hydrogens (tertiary/aromatic N) is 1. The lowest BCUT2D eigenvalue weighted by molar-refractivity contribution is -0.123. The van der Waals surface area contributed by atoms with Crippen LogP contribution in [0.2, 0.25) is 0 Å².